The summed E-state index contributed by atoms with van der Waals surface area (Å²) in [5.74, 6) is -0.223. The van der Waals surface area contributed by atoms with Crippen molar-refractivity contribution in [3.8, 4) is 11.3 Å². The predicted octanol–water partition coefficient (Wildman–Crippen LogP) is 8.48. The minimum atomic E-state index is -4.53. The first-order valence-corrected chi connectivity index (χ1v) is 21.4. The Kier molecular flexibility index (Phi) is 10.4. The van der Waals surface area contributed by atoms with E-state index < -0.39 is 53.3 Å². The molecule has 2 bridgehead atoms. The molecule has 3 aromatic carbocycles. The van der Waals surface area contributed by atoms with Crippen molar-refractivity contribution in [1.82, 2.24) is 19.9 Å². The Bertz CT molecular complexity index is 2630. The van der Waals surface area contributed by atoms with Gasteiger partial charge >= 0.3 is 13.3 Å². The van der Waals surface area contributed by atoms with Gasteiger partial charge in [0, 0.05) is 29.3 Å². The van der Waals surface area contributed by atoms with E-state index in [1.54, 1.807) is 0 Å². The smallest absolute Gasteiger partial charge is 0.404 e. The number of hydrogen-bond donors (Lipinski definition) is 3. The Morgan fingerprint density at radius 3 is 2.47 bits per heavy atom. The number of carbonyl (C=O) groups excluding carboxylic acids is 2. The summed E-state index contributed by atoms with van der Waals surface area (Å²) in [6.07, 6.45) is -0.900. The highest BCUT2D eigenvalue weighted by molar-refractivity contribution is 6.47. The topological polar surface area (TPSA) is 136 Å². The average molecular weight is 847 g/mol. The van der Waals surface area contributed by atoms with Crippen molar-refractivity contribution in [2.24, 2.45) is 17.3 Å². The van der Waals surface area contributed by atoms with Crippen LogP contribution in [-0.2, 0) is 37.0 Å². The van der Waals surface area contributed by atoms with Crippen LogP contribution >= 0.6 is 0 Å². The first kappa shape index (κ1) is 41.8. The van der Waals surface area contributed by atoms with Crippen molar-refractivity contribution >= 4 is 41.2 Å². The van der Waals surface area contributed by atoms with Gasteiger partial charge in [0.15, 0.2) is 0 Å². The Morgan fingerprint density at radius 2 is 1.73 bits per heavy atom. The van der Waals surface area contributed by atoms with Crippen molar-refractivity contribution in [3.05, 3.63) is 118 Å². The summed E-state index contributed by atoms with van der Waals surface area (Å²) in [5.41, 5.74) is 0.294. The molecule has 2 amide bonds. The number of nitrogens with zero attached hydrogens (tertiary/aromatic N) is 3. The summed E-state index contributed by atoms with van der Waals surface area (Å²) in [6, 6.07) is 22.8. The molecule has 11 nitrogen and oxygen atoms in total. The molecule has 5 aliphatic rings. The zero-order valence-corrected chi connectivity index (χ0v) is 35.4. The van der Waals surface area contributed by atoms with Crippen LogP contribution in [0.1, 0.15) is 89.7 Å². The van der Waals surface area contributed by atoms with E-state index in [4.69, 9.17) is 19.3 Å². The molecule has 5 aromatic rings. The number of aromatic nitrogens is 3. The molecule has 0 spiro atoms. The molecule has 2 aromatic heterocycles. The number of carbonyl (C=O) groups is 2. The molecule has 4 heterocycles. The summed E-state index contributed by atoms with van der Waals surface area (Å²) in [4.78, 5) is 52.8. The number of fused-ring (bicyclic) bond motifs is 2. The van der Waals surface area contributed by atoms with E-state index in [1.807, 2.05) is 74.5 Å². The zero-order valence-electron chi connectivity index (χ0n) is 35.4. The fraction of sp³-hybridized carbons (Fsp3) is 0.426. The van der Waals surface area contributed by atoms with Gasteiger partial charge < -0.3 is 25.3 Å². The third-order valence-corrected chi connectivity index (χ3v) is 14.2. The molecule has 0 unspecified atom stereocenters. The van der Waals surface area contributed by atoms with E-state index in [9.17, 15) is 27.6 Å². The third kappa shape index (κ3) is 7.26. The van der Waals surface area contributed by atoms with Gasteiger partial charge in [-0.3, -0.25) is 19.0 Å². The Morgan fingerprint density at radius 1 is 0.968 bits per heavy atom. The zero-order chi connectivity index (χ0) is 43.8. The van der Waals surface area contributed by atoms with Crippen molar-refractivity contribution in [2.45, 2.75) is 109 Å². The van der Waals surface area contributed by atoms with E-state index in [2.05, 4.69) is 36.7 Å². The van der Waals surface area contributed by atoms with Crippen LogP contribution in [0, 0.1) is 17.3 Å². The van der Waals surface area contributed by atoms with Gasteiger partial charge in [-0.15, -0.1) is 0 Å². The molecule has 1 saturated heterocycles. The number of nitrogens with one attached hydrogen (secondary N) is 3. The van der Waals surface area contributed by atoms with Gasteiger partial charge in [0.05, 0.1) is 46.3 Å². The lowest BCUT2D eigenvalue weighted by Crippen LogP contribution is -2.65. The van der Waals surface area contributed by atoms with Gasteiger partial charge in [-0.05, 0) is 79.7 Å². The number of alkyl halides is 3. The van der Waals surface area contributed by atoms with Gasteiger partial charge in [-0.25, -0.2) is 9.97 Å². The Labute approximate surface area is 358 Å². The molecule has 10 rings (SSSR count). The van der Waals surface area contributed by atoms with Crippen molar-refractivity contribution in [1.29, 1.82) is 0 Å². The molecule has 3 N–H and O–H groups in total. The fourth-order valence-electron chi connectivity index (χ4n) is 10.6. The highest BCUT2D eigenvalue weighted by Gasteiger charge is 2.68. The second kappa shape index (κ2) is 15.4. The van der Waals surface area contributed by atoms with Crippen LogP contribution in [-0.4, -0.2) is 51.1 Å². The van der Waals surface area contributed by atoms with E-state index in [0.29, 0.717) is 40.7 Å². The lowest BCUT2D eigenvalue weighted by atomic mass is 9.43. The van der Waals surface area contributed by atoms with E-state index >= 15 is 0 Å². The van der Waals surface area contributed by atoms with Crippen LogP contribution in [0.2, 0.25) is 0 Å². The molecule has 3 aliphatic carbocycles. The molecule has 3 saturated carbocycles. The second-order valence-electron chi connectivity index (χ2n) is 18.5. The molecule has 322 valence electrons. The number of amides is 2. The van der Waals surface area contributed by atoms with Crippen LogP contribution in [0.15, 0.2) is 95.9 Å². The van der Waals surface area contributed by atoms with Gasteiger partial charge in [0.2, 0.25) is 11.8 Å². The maximum absolute atomic E-state index is 14.6. The minimum absolute atomic E-state index is 0.00228. The minimum Gasteiger partial charge on any atom is -0.404 e. The second-order valence-corrected chi connectivity index (χ2v) is 18.5. The molecular weight excluding hydrogens is 796 g/mol. The first-order chi connectivity index (χ1) is 29.5. The molecule has 2 aliphatic heterocycles. The van der Waals surface area contributed by atoms with Crippen LogP contribution in [0.4, 0.5) is 24.5 Å². The predicted molar refractivity (Wildman–Crippen MR) is 231 cm³/mol. The van der Waals surface area contributed by atoms with Gasteiger partial charge in [0.1, 0.15) is 17.6 Å². The highest BCUT2D eigenvalue weighted by atomic mass is 19.4. The van der Waals surface area contributed by atoms with Crippen LogP contribution in [0.25, 0.3) is 22.2 Å². The number of pyridine rings is 1. The number of hydrogen-bond acceptors (Lipinski definition) is 8. The van der Waals surface area contributed by atoms with Gasteiger partial charge in [-0.1, -0.05) is 88.4 Å². The highest BCUT2D eigenvalue weighted by Crippen LogP contribution is 2.65. The SMILES string of the molecule is CC[C@H](NC(=O)[C@@H]1C[C@@](C)(CC(=O)Nc2cc(-c3ccccc3)nc3ccccc23)c2ncc(NCc3cccc(C(F)(F)F)c3)c(=O)n21)B1O[C@@H]2C[C@@H]3C[C@@H](C3(C)C)[C@]2(C)O1. The Hall–Kier alpha value is -5.54. The summed E-state index contributed by atoms with van der Waals surface area (Å²) < 4.78 is 55.1. The number of para-hydroxylation sites is 1. The molecule has 0 radical (unpaired) electrons. The molecule has 4 fully saturated rings. The number of halogens is 3. The average Bonchev–Trinajstić information content (AvgIpc) is 3.76. The number of rotatable bonds is 11. The van der Waals surface area contributed by atoms with E-state index in [-0.39, 0.29) is 48.3 Å². The van der Waals surface area contributed by atoms with Crippen molar-refractivity contribution in [3.63, 3.8) is 0 Å². The summed E-state index contributed by atoms with van der Waals surface area (Å²) >= 11 is 0. The summed E-state index contributed by atoms with van der Waals surface area (Å²) in [5, 5.41) is 9.96. The maximum atomic E-state index is 14.6. The number of benzene rings is 3. The third-order valence-electron chi connectivity index (χ3n) is 14.2. The number of anilines is 2. The van der Waals surface area contributed by atoms with E-state index in [1.165, 1.54) is 22.9 Å². The lowest BCUT2D eigenvalue weighted by Gasteiger charge is -2.64. The summed E-state index contributed by atoms with van der Waals surface area (Å²) in [6.45, 7) is 10.3. The first-order valence-electron chi connectivity index (χ1n) is 21.4. The van der Waals surface area contributed by atoms with Crippen LogP contribution < -0.4 is 21.5 Å². The van der Waals surface area contributed by atoms with Crippen LogP contribution in [0.5, 0.6) is 0 Å². The summed E-state index contributed by atoms with van der Waals surface area (Å²) in [7, 11) is -0.696. The quantitative estimate of drug-likeness (QED) is 0.113. The largest absolute Gasteiger partial charge is 0.481 e. The van der Waals surface area contributed by atoms with E-state index in [0.717, 1.165) is 35.9 Å². The van der Waals surface area contributed by atoms with Gasteiger partial charge in [0.25, 0.3) is 5.56 Å². The molecule has 7 atom stereocenters. The molecule has 62 heavy (non-hydrogen) atoms. The standard InChI is InChI=1S/C47H50BF3N6O5/c1-6-39(48-61-38-21-30-20-37(44(30,2)3)46(38,5)62-48)56-41(59)36-23-45(4,43-53-26-35(42(60)57(36)43)52-25-27-13-12-16-29(19-27)47(49,50)51)24-40(58)55-34-22-33(28-14-8-7-9-15-28)54-32-18-11-10-17-31(32)34/h7-19,22,26,30,36-39,52H,6,20-21,23-25H2,1-5H3,(H,56,59)(H,54,55,58)/t30-,36-,37-,38+,39-,45-,46-/m0/s1. The monoisotopic (exact) mass is 846 g/mol. The Balaban J connectivity index is 1.00. The van der Waals surface area contributed by atoms with Crippen LogP contribution in [0.3, 0.4) is 0 Å². The fourth-order valence-corrected chi connectivity index (χ4v) is 10.6. The normalized spacial score (nSPS) is 26.3. The van der Waals surface area contributed by atoms with Crippen molar-refractivity contribution < 1.29 is 32.1 Å². The van der Waals surface area contributed by atoms with Crippen molar-refractivity contribution in [2.75, 3.05) is 10.6 Å². The molecular formula is C47H50BF3N6O5. The lowest BCUT2D eigenvalue weighted by molar-refractivity contribution is -0.199. The molecule has 15 heteroatoms. The maximum Gasteiger partial charge on any atom is 0.481 e. The van der Waals surface area contributed by atoms with Gasteiger partial charge in [-0.2, -0.15) is 13.2 Å².